The summed E-state index contributed by atoms with van der Waals surface area (Å²) in [5, 5.41) is 24.9. The standard InChI is InChI=1S/C29H61N2O6P/c1-3-5-6-7-8-9-10-11-12-13-14-15-16-17-24-35-25-19-26-37-38(34,36-4-2)28-29(33)27-31-21-18-20-30-22-23-32/h18,20,29-33H,3-17,19,21-28H2,1-2H3/b20-18+/t29-,38?/m0/s1. The largest absolute Gasteiger partial charge is 0.395 e. The summed E-state index contributed by atoms with van der Waals surface area (Å²) in [4.78, 5) is 0. The Morgan fingerprint density at radius 3 is 1.95 bits per heavy atom. The number of aliphatic hydroxyl groups excluding tert-OH is 2. The van der Waals surface area contributed by atoms with Crippen LogP contribution in [0.15, 0.2) is 12.3 Å². The molecule has 0 rings (SSSR count). The number of nitrogens with one attached hydrogen (secondary N) is 2. The van der Waals surface area contributed by atoms with Crippen LogP contribution in [0.4, 0.5) is 0 Å². The predicted molar refractivity (Wildman–Crippen MR) is 159 cm³/mol. The molecule has 0 aromatic rings. The minimum atomic E-state index is -3.34. The van der Waals surface area contributed by atoms with Gasteiger partial charge in [-0.25, -0.2) is 0 Å². The van der Waals surface area contributed by atoms with Gasteiger partial charge in [0.05, 0.1) is 32.1 Å². The summed E-state index contributed by atoms with van der Waals surface area (Å²) in [7, 11) is -3.34. The molecule has 8 nitrogen and oxygen atoms in total. The van der Waals surface area contributed by atoms with E-state index in [2.05, 4.69) is 17.6 Å². The van der Waals surface area contributed by atoms with E-state index >= 15 is 0 Å². The van der Waals surface area contributed by atoms with Crippen molar-refractivity contribution in [2.75, 3.05) is 58.8 Å². The first kappa shape index (κ1) is 37.5. The van der Waals surface area contributed by atoms with Gasteiger partial charge in [0, 0.05) is 32.8 Å². The van der Waals surface area contributed by atoms with Crippen molar-refractivity contribution < 1.29 is 28.6 Å². The fraction of sp³-hybridized carbons (Fsp3) is 0.931. The Balaban J connectivity index is 3.61. The Morgan fingerprint density at radius 2 is 1.37 bits per heavy atom. The highest BCUT2D eigenvalue weighted by atomic mass is 31.2. The molecule has 0 spiro atoms. The van der Waals surface area contributed by atoms with Crippen LogP contribution in [0.2, 0.25) is 0 Å². The molecular formula is C29H61N2O6P. The molecule has 0 fully saturated rings. The zero-order valence-corrected chi connectivity index (χ0v) is 25.6. The lowest BCUT2D eigenvalue weighted by molar-refractivity contribution is 0.109. The molecule has 0 aromatic heterocycles. The predicted octanol–water partition coefficient (Wildman–Crippen LogP) is 6.17. The van der Waals surface area contributed by atoms with Crippen molar-refractivity contribution in [1.29, 1.82) is 0 Å². The number of unbranched alkanes of at least 4 members (excludes halogenated alkanes) is 13. The molecule has 0 aliphatic heterocycles. The lowest BCUT2D eigenvalue weighted by atomic mass is 10.0. The van der Waals surface area contributed by atoms with Crippen molar-refractivity contribution in [1.82, 2.24) is 10.6 Å². The molecule has 0 aliphatic carbocycles. The van der Waals surface area contributed by atoms with Gasteiger partial charge in [-0.05, 0) is 26.0 Å². The van der Waals surface area contributed by atoms with Gasteiger partial charge in [-0.2, -0.15) is 0 Å². The molecule has 228 valence electrons. The van der Waals surface area contributed by atoms with Crippen molar-refractivity contribution in [3.05, 3.63) is 12.3 Å². The lowest BCUT2D eigenvalue weighted by Crippen LogP contribution is -2.30. The number of hydrogen-bond acceptors (Lipinski definition) is 8. The first-order chi connectivity index (χ1) is 18.6. The van der Waals surface area contributed by atoms with Gasteiger partial charge in [0.25, 0.3) is 0 Å². The molecule has 0 saturated carbocycles. The van der Waals surface area contributed by atoms with Gasteiger partial charge >= 0.3 is 7.60 Å². The SMILES string of the molecule is CCCCCCCCCCCCCCCCOCCCOP(=O)(C[C@@H](O)CNC/C=C/NCCO)OCC. The van der Waals surface area contributed by atoms with Gasteiger partial charge in [-0.3, -0.25) is 4.57 Å². The molecule has 1 unspecified atom stereocenters. The van der Waals surface area contributed by atoms with E-state index in [1.807, 2.05) is 6.08 Å². The Labute approximate surface area is 234 Å². The van der Waals surface area contributed by atoms with E-state index < -0.39 is 13.7 Å². The van der Waals surface area contributed by atoms with Crippen LogP contribution >= 0.6 is 7.60 Å². The highest BCUT2D eigenvalue weighted by Crippen LogP contribution is 2.48. The summed E-state index contributed by atoms with van der Waals surface area (Å²) in [6, 6.07) is 0. The van der Waals surface area contributed by atoms with Crippen LogP contribution in [0.1, 0.15) is 110 Å². The molecular weight excluding hydrogens is 503 g/mol. The smallest absolute Gasteiger partial charge is 0.333 e. The van der Waals surface area contributed by atoms with Crippen LogP contribution in [-0.4, -0.2) is 75.1 Å². The molecule has 4 N–H and O–H groups in total. The summed E-state index contributed by atoms with van der Waals surface area (Å²) in [5.74, 6) is 0. The number of rotatable bonds is 31. The third-order valence-corrected chi connectivity index (χ3v) is 8.35. The molecule has 0 saturated heterocycles. The van der Waals surface area contributed by atoms with Gasteiger partial charge in [-0.1, -0.05) is 96.5 Å². The van der Waals surface area contributed by atoms with E-state index in [1.54, 1.807) is 13.1 Å². The maximum absolute atomic E-state index is 12.9. The second-order valence-electron chi connectivity index (χ2n) is 10.00. The summed E-state index contributed by atoms with van der Waals surface area (Å²) in [6.07, 6.45) is 22.2. The molecule has 0 radical (unpaired) electrons. The summed E-state index contributed by atoms with van der Waals surface area (Å²) >= 11 is 0. The zero-order chi connectivity index (χ0) is 28.0. The maximum Gasteiger partial charge on any atom is 0.333 e. The summed E-state index contributed by atoms with van der Waals surface area (Å²) < 4.78 is 29.5. The van der Waals surface area contributed by atoms with Crippen LogP contribution < -0.4 is 10.6 Å². The quantitative estimate of drug-likeness (QED) is 0.0585. The van der Waals surface area contributed by atoms with Crippen molar-refractivity contribution >= 4 is 7.60 Å². The van der Waals surface area contributed by atoms with Crippen LogP contribution in [0.5, 0.6) is 0 Å². The van der Waals surface area contributed by atoms with Gasteiger partial charge in [0.1, 0.15) is 0 Å². The van der Waals surface area contributed by atoms with E-state index in [0.717, 1.165) is 13.0 Å². The molecule has 0 aliphatic rings. The van der Waals surface area contributed by atoms with Crippen LogP contribution in [0.3, 0.4) is 0 Å². The highest BCUT2D eigenvalue weighted by Gasteiger charge is 2.27. The second-order valence-corrected chi connectivity index (χ2v) is 12.1. The van der Waals surface area contributed by atoms with E-state index in [-0.39, 0.29) is 32.5 Å². The second kappa shape index (κ2) is 29.5. The van der Waals surface area contributed by atoms with Crippen molar-refractivity contribution in [3.63, 3.8) is 0 Å². The summed E-state index contributed by atoms with van der Waals surface area (Å²) in [6.45, 7) is 7.34. The van der Waals surface area contributed by atoms with Crippen molar-refractivity contribution in [3.8, 4) is 0 Å². The molecule has 0 heterocycles. The first-order valence-corrected chi connectivity index (χ1v) is 17.1. The fourth-order valence-electron chi connectivity index (χ4n) is 4.15. The number of hydrogen-bond donors (Lipinski definition) is 4. The summed E-state index contributed by atoms with van der Waals surface area (Å²) in [5.41, 5.74) is 0. The molecule has 2 atom stereocenters. The van der Waals surface area contributed by atoms with Gasteiger partial charge in [0.2, 0.25) is 0 Å². The maximum atomic E-state index is 12.9. The normalized spacial score (nSPS) is 14.2. The topological polar surface area (TPSA) is 109 Å². The minimum absolute atomic E-state index is 0.0414. The molecule has 38 heavy (non-hydrogen) atoms. The van der Waals surface area contributed by atoms with Crippen molar-refractivity contribution in [2.45, 2.75) is 116 Å². The Morgan fingerprint density at radius 1 is 0.789 bits per heavy atom. The van der Waals surface area contributed by atoms with Crippen LogP contribution in [0.25, 0.3) is 0 Å². The van der Waals surface area contributed by atoms with E-state index in [0.29, 0.717) is 26.1 Å². The molecule has 9 heteroatoms. The Hall–Kier alpha value is -0.470. The zero-order valence-electron chi connectivity index (χ0n) is 24.7. The third-order valence-electron chi connectivity index (χ3n) is 6.26. The highest BCUT2D eigenvalue weighted by molar-refractivity contribution is 7.53. The van der Waals surface area contributed by atoms with E-state index in [4.69, 9.17) is 18.9 Å². The number of ether oxygens (including phenoxy) is 1. The Kier molecular flexibility index (Phi) is 29.1. The fourth-order valence-corrected chi connectivity index (χ4v) is 5.88. The average Bonchev–Trinajstić information content (AvgIpc) is 2.89. The molecule has 0 amide bonds. The lowest BCUT2D eigenvalue weighted by Gasteiger charge is -2.21. The minimum Gasteiger partial charge on any atom is -0.395 e. The third kappa shape index (κ3) is 27.1. The van der Waals surface area contributed by atoms with Crippen LogP contribution in [-0.2, 0) is 18.3 Å². The van der Waals surface area contributed by atoms with Gasteiger partial charge < -0.3 is 34.6 Å². The van der Waals surface area contributed by atoms with Gasteiger partial charge in [0.15, 0.2) is 0 Å². The van der Waals surface area contributed by atoms with Crippen LogP contribution in [0, 0.1) is 0 Å². The average molecular weight is 565 g/mol. The van der Waals surface area contributed by atoms with Crippen molar-refractivity contribution in [2.24, 2.45) is 0 Å². The number of aliphatic hydroxyl groups is 2. The monoisotopic (exact) mass is 564 g/mol. The molecule has 0 aromatic carbocycles. The first-order valence-electron chi connectivity index (χ1n) is 15.4. The molecule has 0 bridgehead atoms. The van der Waals surface area contributed by atoms with E-state index in [9.17, 15) is 9.67 Å². The Bertz CT molecular complexity index is 553. The van der Waals surface area contributed by atoms with E-state index in [1.165, 1.54) is 83.5 Å². The van der Waals surface area contributed by atoms with Gasteiger partial charge in [-0.15, -0.1) is 0 Å².